The molecule has 0 aliphatic rings. The van der Waals surface area contributed by atoms with E-state index in [1.807, 2.05) is 6.07 Å². The lowest BCUT2D eigenvalue weighted by atomic mass is 10.1. The third kappa shape index (κ3) is 5.03. The molecule has 0 fully saturated rings. The van der Waals surface area contributed by atoms with Crippen LogP contribution in [0.4, 0.5) is 4.39 Å². The molecular formula is C17H15FN2O3. The van der Waals surface area contributed by atoms with Gasteiger partial charge >= 0.3 is 5.97 Å². The Labute approximate surface area is 132 Å². The third-order valence-corrected chi connectivity index (χ3v) is 3.06. The first kappa shape index (κ1) is 16.4. The second-order valence-corrected chi connectivity index (χ2v) is 4.77. The van der Waals surface area contributed by atoms with Gasteiger partial charge in [0.25, 0.3) is 5.91 Å². The summed E-state index contributed by atoms with van der Waals surface area (Å²) in [6.07, 6.45) is 0.0618. The van der Waals surface area contributed by atoms with Gasteiger partial charge in [0, 0.05) is 12.0 Å². The Bertz CT molecular complexity index is 730. The molecule has 2 rings (SSSR count). The lowest BCUT2D eigenvalue weighted by molar-refractivity contribution is -0.136. The van der Waals surface area contributed by atoms with Crippen molar-refractivity contribution in [2.75, 3.05) is 0 Å². The Kier molecular flexibility index (Phi) is 5.57. The number of hydrogen-bond acceptors (Lipinski definition) is 3. The summed E-state index contributed by atoms with van der Waals surface area (Å²) < 4.78 is 13.1. The monoisotopic (exact) mass is 314 g/mol. The summed E-state index contributed by atoms with van der Waals surface area (Å²) in [4.78, 5) is 22.7. The van der Waals surface area contributed by atoms with Crippen molar-refractivity contribution in [2.45, 2.75) is 12.8 Å². The molecule has 0 saturated carbocycles. The highest BCUT2D eigenvalue weighted by Crippen LogP contribution is 2.07. The molecule has 0 bridgehead atoms. The van der Waals surface area contributed by atoms with Gasteiger partial charge < -0.3 is 5.11 Å². The number of hydrazone groups is 1. The second-order valence-electron chi connectivity index (χ2n) is 4.77. The molecule has 0 spiro atoms. The number of carboxylic acids is 1. The molecule has 6 heteroatoms. The van der Waals surface area contributed by atoms with Crippen molar-refractivity contribution in [3.05, 3.63) is 71.5 Å². The van der Waals surface area contributed by atoms with Crippen molar-refractivity contribution in [1.29, 1.82) is 0 Å². The van der Waals surface area contributed by atoms with Crippen molar-refractivity contribution in [1.82, 2.24) is 5.43 Å². The molecule has 23 heavy (non-hydrogen) atoms. The fourth-order valence-electron chi connectivity index (χ4n) is 1.93. The van der Waals surface area contributed by atoms with E-state index >= 15 is 0 Å². The molecule has 0 atom stereocenters. The molecule has 1 amide bonds. The lowest BCUT2D eigenvalue weighted by Crippen LogP contribution is -2.20. The minimum Gasteiger partial charge on any atom is -0.481 e. The fourth-order valence-corrected chi connectivity index (χ4v) is 1.93. The van der Waals surface area contributed by atoms with Crippen molar-refractivity contribution in [3.8, 4) is 0 Å². The van der Waals surface area contributed by atoms with Crippen LogP contribution in [0.15, 0.2) is 59.7 Å². The van der Waals surface area contributed by atoms with Crippen LogP contribution in [-0.2, 0) is 4.79 Å². The van der Waals surface area contributed by atoms with Crippen LogP contribution in [0.1, 0.15) is 28.8 Å². The molecule has 0 aliphatic carbocycles. The molecule has 0 radical (unpaired) electrons. The zero-order chi connectivity index (χ0) is 16.7. The van der Waals surface area contributed by atoms with Crippen LogP contribution in [0.3, 0.4) is 0 Å². The number of rotatable bonds is 6. The molecule has 0 unspecified atom stereocenters. The first-order valence-corrected chi connectivity index (χ1v) is 6.96. The van der Waals surface area contributed by atoms with Crippen molar-refractivity contribution < 1.29 is 19.1 Å². The highest BCUT2D eigenvalue weighted by molar-refractivity contribution is 6.03. The van der Waals surface area contributed by atoms with Gasteiger partial charge in [0.15, 0.2) is 0 Å². The second kappa shape index (κ2) is 7.84. The van der Waals surface area contributed by atoms with Crippen LogP contribution in [0.2, 0.25) is 0 Å². The summed E-state index contributed by atoms with van der Waals surface area (Å²) >= 11 is 0. The van der Waals surface area contributed by atoms with Gasteiger partial charge in [0.1, 0.15) is 5.82 Å². The SMILES string of the molecule is O=C(O)CCC(=NNC(=O)c1cccc(F)c1)c1ccccc1. The summed E-state index contributed by atoms with van der Waals surface area (Å²) in [6.45, 7) is 0. The average Bonchev–Trinajstić information content (AvgIpc) is 2.55. The van der Waals surface area contributed by atoms with Gasteiger partial charge in [-0.05, 0) is 23.8 Å². The van der Waals surface area contributed by atoms with Gasteiger partial charge in [0.05, 0.1) is 12.1 Å². The van der Waals surface area contributed by atoms with Crippen molar-refractivity contribution in [3.63, 3.8) is 0 Å². The van der Waals surface area contributed by atoms with E-state index in [2.05, 4.69) is 10.5 Å². The third-order valence-electron chi connectivity index (χ3n) is 3.06. The highest BCUT2D eigenvalue weighted by Gasteiger charge is 2.09. The summed E-state index contributed by atoms with van der Waals surface area (Å²) in [7, 11) is 0. The van der Waals surface area contributed by atoms with Crippen molar-refractivity contribution in [2.24, 2.45) is 5.10 Å². The molecule has 0 aromatic heterocycles. The van der Waals surface area contributed by atoms with Crippen LogP contribution in [-0.4, -0.2) is 22.7 Å². The molecule has 2 N–H and O–H groups in total. The number of nitrogens with zero attached hydrogens (tertiary/aromatic N) is 1. The maximum absolute atomic E-state index is 13.1. The van der Waals surface area contributed by atoms with E-state index in [0.29, 0.717) is 11.3 Å². The standard InChI is InChI=1S/C17H15FN2O3/c18-14-8-4-7-13(11-14)17(23)20-19-15(9-10-16(21)22)12-5-2-1-3-6-12/h1-8,11H,9-10H2,(H,20,23)(H,21,22). The number of carboxylic acid groups (broad SMARTS) is 1. The van der Waals surface area contributed by atoms with E-state index in [0.717, 1.165) is 6.07 Å². The maximum Gasteiger partial charge on any atom is 0.303 e. The predicted molar refractivity (Wildman–Crippen MR) is 83.7 cm³/mol. The molecule has 0 aliphatic heterocycles. The van der Waals surface area contributed by atoms with Gasteiger partial charge in [-0.2, -0.15) is 5.10 Å². The molecule has 118 valence electrons. The van der Waals surface area contributed by atoms with Crippen LogP contribution < -0.4 is 5.43 Å². The largest absolute Gasteiger partial charge is 0.481 e. The van der Waals surface area contributed by atoms with Crippen LogP contribution >= 0.6 is 0 Å². The van der Waals surface area contributed by atoms with Gasteiger partial charge in [-0.25, -0.2) is 9.82 Å². The van der Waals surface area contributed by atoms with Crippen molar-refractivity contribution >= 4 is 17.6 Å². The molecule has 5 nitrogen and oxygen atoms in total. The van der Waals surface area contributed by atoms with E-state index < -0.39 is 17.7 Å². The maximum atomic E-state index is 13.1. The van der Waals surface area contributed by atoms with E-state index in [1.165, 1.54) is 18.2 Å². The van der Waals surface area contributed by atoms with Gasteiger partial charge in [-0.3, -0.25) is 9.59 Å². The summed E-state index contributed by atoms with van der Waals surface area (Å²) in [5.74, 6) is -2.03. The number of halogens is 1. The van der Waals surface area contributed by atoms with Gasteiger partial charge in [-0.15, -0.1) is 0 Å². The first-order chi connectivity index (χ1) is 11.1. The predicted octanol–water partition coefficient (Wildman–Crippen LogP) is 2.82. The Balaban J connectivity index is 2.16. The van der Waals surface area contributed by atoms with Gasteiger partial charge in [0.2, 0.25) is 0 Å². The van der Waals surface area contributed by atoms with E-state index in [9.17, 15) is 14.0 Å². The van der Waals surface area contributed by atoms with Crippen LogP contribution in [0, 0.1) is 5.82 Å². The molecule has 2 aromatic rings. The Morgan fingerprint density at radius 3 is 2.35 bits per heavy atom. The van der Waals surface area contributed by atoms with E-state index in [1.54, 1.807) is 24.3 Å². The topological polar surface area (TPSA) is 78.8 Å². The smallest absolute Gasteiger partial charge is 0.303 e. The lowest BCUT2D eigenvalue weighted by Gasteiger charge is -2.06. The molecule has 0 saturated heterocycles. The zero-order valence-corrected chi connectivity index (χ0v) is 12.2. The number of hydrogen-bond donors (Lipinski definition) is 2. The number of nitrogens with one attached hydrogen (secondary N) is 1. The number of aliphatic carboxylic acids is 1. The summed E-state index contributed by atoms with van der Waals surface area (Å²) in [6, 6.07) is 14.2. The Morgan fingerprint density at radius 2 is 1.70 bits per heavy atom. The molecule has 0 heterocycles. The van der Waals surface area contributed by atoms with Crippen LogP contribution in [0.5, 0.6) is 0 Å². The van der Waals surface area contributed by atoms with E-state index in [4.69, 9.17) is 5.11 Å². The molecule has 2 aromatic carbocycles. The first-order valence-electron chi connectivity index (χ1n) is 6.96. The number of benzene rings is 2. The van der Waals surface area contributed by atoms with E-state index in [-0.39, 0.29) is 18.4 Å². The quantitative estimate of drug-likeness (QED) is 0.635. The summed E-state index contributed by atoms with van der Waals surface area (Å²) in [5, 5.41) is 12.8. The van der Waals surface area contributed by atoms with Gasteiger partial charge in [-0.1, -0.05) is 36.4 Å². The molecular weight excluding hydrogens is 299 g/mol. The Morgan fingerprint density at radius 1 is 1.00 bits per heavy atom. The number of amides is 1. The number of carbonyl (C=O) groups excluding carboxylic acids is 1. The Hall–Kier alpha value is -3.02. The normalized spacial score (nSPS) is 11.1. The van der Waals surface area contributed by atoms with Crippen LogP contribution in [0.25, 0.3) is 0 Å². The minimum atomic E-state index is -0.954. The average molecular weight is 314 g/mol. The zero-order valence-electron chi connectivity index (χ0n) is 12.2. The minimum absolute atomic E-state index is 0.108. The fraction of sp³-hybridized carbons (Fsp3) is 0.118. The number of carbonyl (C=O) groups is 2. The summed E-state index contributed by atoms with van der Waals surface area (Å²) in [5.41, 5.74) is 3.63. The highest BCUT2D eigenvalue weighted by atomic mass is 19.1.